The second kappa shape index (κ2) is 5.41. The maximum atomic E-state index is 13.2. The molecule has 0 spiro atoms. The highest BCUT2D eigenvalue weighted by Crippen LogP contribution is 2.53. The second-order valence-electron chi connectivity index (χ2n) is 5.44. The van der Waals surface area contributed by atoms with E-state index < -0.39 is 42.4 Å². The number of fused-ring (bicyclic) bond motifs is 2. The van der Waals surface area contributed by atoms with Crippen molar-refractivity contribution in [1.29, 1.82) is 0 Å². The first-order chi connectivity index (χ1) is 10.7. The Hall–Kier alpha value is -1.68. The molecule has 2 atom stereocenters. The van der Waals surface area contributed by atoms with Gasteiger partial charge in [-0.1, -0.05) is 18.2 Å². The number of carbonyl (C=O) groups is 1. The molecule has 0 amide bonds. The molecule has 11 heteroatoms. The summed E-state index contributed by atoms with van der Waals surface area (Å²) >= 11 is 0. The standard InChI is InChI=1S/C13H9F9O2/c14-10(15,11(16,17)12(18,19)13(20,21)22)5-24-9(23)8-4-6-1-2-7(8)3-6/h1-2,4,6-7H,3,5H2. The zero-order chi connectivity index (χ0) is 18.6. The molecule has 2 unspecified atom stereocenters. The van der Waals surface area contributed by atoms with Gasteiger partial charge < -0.3 is 4.74 Å². The Kier molecular flexibility index (Phi) is 4.21. The third-order valence-corrected chi connectivity index (χ3v) is 3.74. The smallest absolute Gasteiger partial charge is 0.456 e. The molecular weight excluding hydrogens is 359 g/mol. The predicted octanol–water partition coefficient (Wildman–Crippen LogP) is 4.13. The van der Waals surface area contributed by atoms with Crippen LogP contribution < -0.4 is 0 Å². The molecule has 0 aromatic carbocycles. The minimum absolute atomic E-state index is 0.121. The normalized spacial score (nSPS) is 24.3. The van der Waals surface area contributed by atoms with Gasteiger partial charge in [-0.25, -0.2) is 4.79 Å². The Morgan fingerprint density at radius 3 is 2.00 bits per heavy atom. The first kappa shape index (κ1) is 18.7. The SMILES string of the molecule is O=C(OCC(F)(F)C(F)(F)C(F)(F)C(F)(F)F)C1=CC2C=CC1C2. The minimum Gasteiger partial charge on any atom is -0.456 e. The third-order valence-electron chi connectivity index (χ3n) is 3.74. The lowest BCUT2D eigenvalue weighted by Gasteiger charge is -2.33. The largest absolute Gasteiger partial charge is 0.460 e. The molecule has 0 saturated carbocycles. The topological polar surface area (TPSA) is 26.3 Å². The molecule has 2 aliphatic carbocycles. The molecule has 2 aliphatic rings. The van der Waals surface area contributed by atoms with Gasteiger partial charge in [0.25, 0.3) is 0 Å². The maximum Gasteiger partial charge on any atom is 0.460 e. The Morgan fingerprint density at radius 1 is 1.00 bits per heavy atom. The number of hydrogen-bond donors (Lipinski definition) is 0. The van der Waals surface area contributed by atoms with Crippen molar-refractivity contribution in [2.75, 3.05) is 6.61 Å². The van der Waals surface area contributed by atoms with E-state index in [4.69, 9.17) is 0 Å². The van der Waals surface area contributed by atoms with Crippen LogP contribution in [-0.4, -0.2) is 36.5 Å². The van der Waals surface area contributed by atoms with E-state index in [-0.39, 0.29) is 11.5 Å². The van der Waals surface area contributed by atoms with E-state index in [0.717, 1.165) is 0 Å². The maximum absolute atomic E-state index is 13.2. The summed E-state index contributed by atoms with van der Waals surface area (Å²) in [5, 5.41) is 0. The first-order valence-corrected chi connectivity index (χ1v) is 6.48. The van der Waals surface area contributed by atoms with Gasteiger partial charge in [0.05, 0.1) is 0 Å². The lowest BCUT2D eigenvalue weighted by atomic mass is 10.0. The fraction of sp³-hybridized carbons (Fsp3) is 0.615. The number of esters is 1. The van der Waals surface area contributed by atoms with Crippen LogP contribution in [0.1, 0.15) is 6.42 Å². The van der Waals surface area contributed by atoms with E-state index in [1.165, 1.54) is 6.08 Å². The van der Waals surface area contributed by atoms with Crippen molar-refractivity contribution in [3.8, 4) is 0 Å². The van der Waals surface area contributed by atoms with E-state index in [2.05, 4.69) is 4.74 Å². The predicted molar refractivity (Wildman–Crippen MR) is 60.7 cm³/mol. The molecule has 0 aromatic heterocycles. The summed E-state index contributed by atoms with van der Waals surface area (Å²) in [7, 11) is 0. The molecule has 0 fully saturated rings. The third kappa shape index (κ3) is 2.77. The molecule has 0 N–H and O–H groups in total. The molecule has 0 aromatic rings. The van der Waals surface area contributed by atoms with Crippen LogP contribution in [-0.2, 0) is 9.53 Å². The average Bonchev–Trinajstić information content (AvgIpc) is 3.05. The summed E-state index contributed by atoms with van der Waals surface area (Å²) in [5.74, 6) is -21.8. The quantitative estimate of drug-likeness (QED) is 0.414. The number of allylic oxidation sites excluding steroid dienone is 3. The highest BCUT2D eigenvalue weighted by atomic mass is 19.4. The van der Waals surface area contributed by atoms with Gasteiger partial charge in [-0.2, -0.15) is 39.5 Å². The summed E-state index contributed by atoms with van der Waals surface area (Å²) in [5.41, 5.74) is -0.121. The number of hydrogen-bond acceptors (Lipinski definition) is 2. The fourth-order valence-corrected chi connectivity index (χ4v) is 2.39. The molecule has 0 heterocycles. The number of carbonyl (C=O) groups excluding carboxylic acids is 1. The average molecular weight is 368 g/mol. The Bertz CT molecular complexity index is 589. The van der Waals surface area contributed by atoms with Crippen molar-refractivity contribution < 1.29 is 49.0 Å². The number of halogens is 9. The van der Waals surface area contributed by atoms with Crippen LogP contribution in [0.2, 0.25) is 0 Å². The number of ether oxygens (including phenoxy) is 1. The summed E-state index contributed by atoms with van der Waals surface area (Å²) < 4.78 is 117. The van der Waals surface area contributed by atoms with Gasteiger partial charge in [0, 0.05) is 11.5 Å². The van der Waals surface area contributed by atoms with E-state index >= 15 is 0 Å². The lowest BCUT2D eigenvalue weighted by molar-refractivity contribution is -0.398. The van der Waals surface area contributed by atoms with Gasteiger partial charge in [0.2, 0.25) is 0 Å². The minimum atomic E-state index is -7.00. The van der Waals surface area contributed by atoms with Crippen LogP contribution in [0.3, 0.4) is 0 Å². The Morgan fingerprint density at radius 2 is 1.58 bits per heavy atom. The van der Waals surface area contributed by atoms with Gasteiger partial charge in [-0.15, -0.1) is 0 Å². The zero-order valence-corrected chi connectivity index (χ0v) is 11.5. The Labute approximate surface area is 128 Å². The summed E-state index contributed by atoms with van der Waals surface area (Å²) in [6, 6.07) is 0. The van der Waals surface area contributed by atoms with Crippen molar-refractivity contribution >= 4 is 5.97 Å². The molecule has 2 bridgehead atoms. The molecular formula is C13H9F9O2. The molecule has 24 heavy (non-hydrogen) atoms. The zero-order valence-electron chi connectivity index (χ0n) is 11.5. The second-order valence-corrected chi connectivity index (χ2v) is 5.44. The highest BCUT2D eigenvalue weighted by molar-refractivity contribution is 5.90. The summed E-state index contributed by atoms with van der Waals surface area (Å²) in [6.07, 6.45) is -1.88. The lowest BCUT2D eigenvalue weighted by Crippen LogP contribution is -2.62. The fourth-order valence-electron chi connectivity index (χ4n) is 2.39. The Balaban J connectivity index is 2.08. The molecule has 2 nitrogen and oxygen atoms in total. The van der Waals surface area contributed by atoms with Crippen molar-refractivity contribution in [3.63, 3.8) is 0 Å². The van der Waals surface area contributed by atoms with Crippen LogP contribution in [0.5, 0.6) is 0 Å². The summed E-state index contributed by atoms with van der Waals surface area (Å²) in [4.78, 5) is 11.5. The van der Waals surface area contributed by atoms with Gasteiger partial charge in [-0.05, 0) is 12.3 Å². The van der Waals surface area contributed by atoms with E-state index in [1.807, 2.05) is 0 Å². The van der Waals surface area contributed by atoms with Crippen molar-refractivity contribution in [3.05, 3.63) is 23.8 Å². The van der Waals surface area contributed by atoms with E-state index in [0.29, 0.717) is 6.42 Å². The number of rotatable bonds is 5. The molecule has 0 aliphatic heterocycles. The van der Waals surface area contributed by atoms with E-state index in [1.54, 1.807) is 12.2 Å². The highest BCUT2D eigenvalue weighted by Gasteiger charge is 2.82. The van der Waals surface area contributed by atoms with Gasteiger partial charge in [0.15, 0.2) is 6.61 Å². The van der Waals surface area contributed by atoms with Gasteiger partial charge in [0.1, 0.15) is 0 Å². The number of alkyl halides is 9. The monoisotopic (exact) mass is 368 g/mol. The van der Waals surface area contributed by atoms with Crippen LogP contribution >= 0.6 is 0 Å². The van der Waals surface area contributed by atoms with Crippen LogP contribution in [0.15, 0.2) is 23.8 Å². The van der Waals surface area contributed by atoms with E-state index in [9.17, 15) is 44.3 Å². The van der Waals surface area contributed by atoms with Gasteiger partial charge >= 0.3 is 29.9 Å². The van der Waals surface area contributed by atoms with Crippen molar-refractivity contribution in [2.45, 2.75) is 30.4 Å². The van der Waals surface area contributed by atoms with Crippen molar-refractivity contribution in [2.24, 2.45) is 11.8 Å². The van der Waals surface area contributed by atoms with Crippen LogP contribution in [0.25, 0.3) is 0 Å². The van der Waals surface area contributed by atoms with Crippen LogP contribution in [0, 0.1) is 11.8 Å². The van der Waals surface area contributed by atoms with Gasteiger partial charge in [-0.3, -0.25) is 0 Å². The van der Waals surface area contributed by atoms with Crippen LogP contribution in [0.4, 0.5) is 39.5 Å². The molecule has 2 rings (SSSR count). The summed E-state index contributed by atoms with van der Waals surface area (Å²) in [6.45, 7) is -2.61. The van der Waals surface area contributed by atoms with Crippen molar-refractivity contribution in [1.82, 2.24) is 0 Å². The molecule has 136 valence electrons. The molecule has 0 saturated heterocycles. The first-order valence-electron chi connectivity index (χ1n) is 6.48. The molecule has 0 radical (unpaired) electrons.